The Hall–Kier alpha value is -3.07. The van der Waals surface area contributed by atoms with E-state index in [1.165, 1.54) is 18.1 Å². The van der Waals surface area contributed by atoms with Crippen molar-refractivity contribution in [2.24, 2.45) is 0 Å². The summed E-state index contributed by atoms with van der Waals surface area (Å²) >= 11 is 6.26. The maximum atomic E-state index is 13.2. The summed E-state index contributed by atoms with van der Waals surface area (Å²) in [7, 11) is 3.05. The molecule has 2 saturated heterocycles. The molecule has 0 aromatic heterocycles. The van der Waals surface area contributed by atoms with E-state index in [2.05, 4.69) is 4.90 Å². The number of methoxy groups -OCH3 is 2. The minimum absolute atomic E-state index is 0.0239. The Morgan fingerprint density at radius 3 is 2.54 bits per heavy atom. The maximum Gasteiger partial charge on any atom is 0.295 e. The highest BCUT2D eigenvalue weighted by Crippen LogP contribution is 2.41. The second-order valence-corrected chi connectivity index (χ2v) is 8.83. The fraction of sp³-hybridized carbons (Fsp3) is 0.385. The van der Waals surface area contributed by atoms with Crippen LogP contribution in [0, 0.1) is 0 Å². The molecule has 0 saturated carbocycles. The average Bonchev–Trinajstić information content (AvgIpc) is 3.14. The Balaban J connectivity index is 1.70. The first-order valence-electron chi connectivity index (χ1n) is 11.5. The van der Waals surface area contributed by atoms with Crippen LogP contribution in [0.25, 0.3) is 5.76 Å². The Morgan fingerprint density at radius 2 is 1.86 bits per heavy atom. The minimum Gasteiger partial charge on any atom is -0.507 e. The van der Waals surface area contributed by atoms with Crippen LogP contribution in [0.4, 0.5) is 0 Å². The highest BCUT2D eigenvalue weighted by atomic mass is 35.5. The van der Waals surface area contributed by atoms with E-state index in [1.807, 2.05) is 6.07 Å². The Kier molecular flexibility index (Phi) is 7.95. The first kappa shape index (κ1) is 25.0. The molecule has 2 fully saturated rings. The summed E-state index contributed by atoms with van der Waals surface area (Å²) in [6.45, 7) is 4.22. The molecule has 35 heavy (non-hydrogen) atoms. The van der Waals surface area contributed by atoms with Crippen LogP contribution in [-0.4, -0.2) is 80.2 Å². The van der Waals surface area contributed by atoms with Crippen molar-refractivity contribution in [3.63, 3.8) is 0 Å². The number of hydrogen-bond donors (Lipinski definition) is 1. The van der Waals surface area contributed by atoms with Gasteiger partial charge in [0.05, 0.1) is 44.1 Å². The van der Waals surface area contributed by atoms with Gasteiger partial charge in [0, 0.05) is 31.7 Å². The molecular weight excluding hydrogens is 472 g/mol. The number of amides is 1. The van der Waals surface area contributed by atoms with E-state index in [0.717, 1.165) is 19.6 Å². The number of likely N-dealkylation sites (tertiary alicyclic amines) is 1. The summed E-state index contributed by atoms with van der Waals surface area (Å²) in [4.78, 5) is 30.2. The fourth-order valence-electron chi connectivity index (χ4n) is 4.53. The zero-order valence-electron chi connectivity index (χ0n) is 19.8. The number of carbonyl (C=O) groups excluding carboxylic acids is 2. The number of aliphatic hydroxyl groups excluding tert-OH is 1. The van der Waals surface area contributed by atoms with E-state index in [9.17, 15) is 14.7 Å². The fourth-order valence-corrected chi connectivity index (χ4v) is 4.79. The van der Waals surface area contributed by atoms with Crippen LogP contribution in [0.1, 0.15) is 23.6 Å². The lowest BCUT2D eigenvalue weighted by Crippen LogP contribution is -2.38. The summed E-state index contributed by atoms with van der Waals surface area (Å²) in [5, 5.41) is 11.5. The molecule has 1 N–H and O–H groups in total. The molecule has 2 heterocycles. The summed E-state index contributed by atoms with van der Waals surface area (Å²) in [6.07, 6.45) is 0.682. The summed E-state index contributed by atoms with van der Waals surface area (Å²) < 4.78 is 16.0. The number of rotatable bonds is 8. The van der Waals surface area contributed by atoms with Crippen LogP contribution in [0.3, 0.4) is 0 Å². The quantitative estimate of drug-likeness (QED) is 0.337. The van der Waals surface area contributed by atoms with E-state index in [1.54, 1.807) is 37.4 Å². The average molecular weight is 501 g/mol. The van der Waals surface area contributed by atoms with Crippen molar-refractivity contribution in [3.8, 4) is 11.5 Å². The van der Waals surface area contributed by atoms with E-state index < -0.39 is 17.7 Å². The lowest BCUT2D eigenvalue weighted by atomic mass is 9.95. The summed E-state index contributed by atoms with van der Waals surface area (Å²) in [5.41, 5.74) is 1.03. The number of benzene rings is 2. The molecule has 0 aliphatic carbocycles. The van der Waals surface area contributed by atoms with Crippen molar-refractivity contribution < 1.29 is 28.9 Å². The highest BCUT2D eigenvalue weighted by molar-refractivity contribution is 6.46. The van der Waals surface area contributed by atoms with Crippen LogP contribution in [0.5, 0.6) is 11.5 Å². The third kappa shape index (κ3) is 5.29. The van der Waals surface area contributed by atoms with Gasteiger partial charge in [-0.15, -0.1) is 0 Å². The molecule has 0 radical (unpaired) electrons. The van der Waals surface area contributed by atoms with Crippen LogP contribution >= 0.6 is 11.6 Å². The maximum absolute atomic E-state index is 13.2. The van der Waals surface area contributed by atoms with E-state index in [4.69, 9.17) is 25.8 Å². The Morgan fingerprint density at radius 1 is 1.09 bits per heavy atom. The van der Waals surface area contributed by atoms with E-state index in [-0.39, 0.29) is 16.4 Å². The predicted molar refractivity (Wildman–Crippen MR) is 132 cm³/mol. The number of ketones is 1. The first-order chi connectivity index (χ1) is 16.9. The molecule has 4 rings (SSSR count). The van der Waals surface area contributed by atoms with Gasteiger partial charge >= 0.3 is 0 Å². The SMILES string of the molecule is COc1cccc([C@H]2/C(=C(\O)c3ccc(OC)c(Cl)c3)C(=O)C(=O)N2CCCN2CCOCC2)c1. The number of hydrogen-bond acceptors (Lipinski definition) is 7. The van der Waals surface area contributed by atoms with Crippen LogP contribution in [0.15, 0.2) is 48.0 Å². The second-order valence-electron chi connectivity index (χ2n) is 8.43. The van der Waals surface area contributed by atoms with Crippen LogP contribution in [-0.2, 0) is 14.3 Å². The number of morpholine rings is 1. The van der Waals surface area contributed by atoms with E-state index >= 15 is 0 Å². The van der Waals surface area contributed by atoms with Crippen molar-refractivity contribution in [2.45, 2.75) is 12.5 Å². The molecule has 186 valence electrons. The van der Waals surface area contributed by atoms with Crippen molar-refractivity contribution in [1.82, 2.24) is 9.80 Å². The molecule has 1 atom stereocenters. The molecule has 2 aromatic carbocycles. The van der Waals surface area contributed by atoms with Gasteiger partial charge < -0.3 is 24.2 Å². The molecule has 1 amide bonds. The standard InChI is InChI=1S/C26H29ClN2O6/c1-33-19-6-3-5-17(15-19)23-22(24(30)18-7-8-21(34-2)20(27)16-18)25(31)26(32)29(23)10-4-9-28-11-13-35-14-12-28/h3,5-8,15-16,23,30H,4,9-14H2,1-2H3/b24-22+/t23-/m0/s1. The number of Topliss-reactive ketones (excluding diaryl/α,β-unsaturated/α-hetero) is 1. The molecule has 9 heteroatoms. The first-order valence-corrected chi connectivity index (χ1v) is 11.9. The van der Waals surface area contributed by atoms with Crippen LogP contribution in [0.2, 0.25) is 5.02 Å². The third-order valence-corrected chi connectivity index (χ3v) is 6.65. The lowest BCUT2D eigenvalue weighted by Gasteiger charge is -2.29. The molecule has 2 aliphatic heterocycles. The number of nitrogens with zero attached hydrogens (tertiary/aromatic N) is 2. The monoisotopic (exact) mass is 500 g/mol. The summed E-state index contributed by atoms with van der Waals surface area (Å²) in [5.74, 6) is -0.615. The summed E-state index contributed by atoms with van der Waals surface area (Å²) in [6, 6.07) is 11.2. The molecule has 2 aliphatic rings. The smallest absolute Gasteiger partial charge is 0.295 e. The van der Waals surface area contributed by atoms with Gasteiger partial charge in [-0.1, -0.05) is 23.7 Å². The van der Waals surface area contributed by atoms with Gasteiger partial charge in [0.15, 0.2) is 0 Å². The van der Waals surface area contributed by atoms with Gasteiger partial charge in [-0.25, -0.2) is 0 Å². The molecular formula is C26H29ClN2O6. The van der Waals surface area contributed by atoms with Crippen molar-refractivity contribution in [3.05, 3.63) is 64.2 Å². The highest BCUT2D eigenvalue weighted by Gasteiger charge is 2.46. The predicted octanol–water partition coefficient (Wildman–Crippen LogP) is 3.50. The Bertz CT molecular complexity index is 1130. The zero-order valence-corrected chi connectivity index (χ0v) is 20.6. The van der Waals surface area contributed by atoms with Crippen molar-refractivity contribution in [2.75, 3.05) is 53.6 Å². The van der Waals surface area contributed by atoms with Crippen LogP contribution < -0.4 is 9.47 Å². The van der Waals surface area contributed by atoms with Gasteiger partial charge in [0.2, 0.25) is 0 Å². The van der Waals surface area contributed by atoms with Gasteiger partial charge in [0.25, 0.3) is 11.7 Å². The Labute approximate surface area is 209 Å². The third-order valence-electron chi connectivity index (χ3n) is 6.35. The zero-order chi connectivity index (χ0) is 24.9. The normalized spacial score (nSPS) is 20.3. The number of halogens is 1. The number of carbonyl (C=O) groups is 2. The number of ether oxygens (including phenoxy) is 3. The van der Waals surface area contributed by atoms with Crippen molar-refractivity contribution in [1.29, 1.82) is 0 Å². The van der Waals surface area contributed by atoms with Gasteiger partial charge in [-0.3, -0.25) is 14.5 Å². The van der Waals surface area contributed by atoms with E-state index in [0.29, 0.717) is 48.8 Å². The largest absolute Gasteiger partial charge is 0.507 e. The van der Waals surface area contributed by atoms with Gasteiger partial charge in [-0.05, 0) is 42.3 Å². The lowest BCUT2D eigenvalue weighted by molar-refractivity contribution is -0.140. The molecule has 0 spiro atoms. The molecule has 8 nitrogen and oxygen atoms in total. The molecule has 0 unspecified atom stereocenters. The van der Waals surface area contributed by atoms with Gasteiger partial charge in [-0.2, -0.15) is 0 Å². The number of aliphatic hydroxyl groups is 1. The van der Waals surface area contributed by atoms with Gasteiger partial charge in [0.1, 0.15) is 17.3 Å². The molecule has 2 aromatic rings. The second kappa shape index (κ2) is 11.1. The minimum atomic E-state index is -0.754. The molecule has 0 bridgehead atoms. The topological polar surface area (TPSA) is 88.5 Å². The van der Waals surface area contributed by atoms with Crippen molar-refractivity contribution >= 4 is 29.1 Å².